The van der Waals surface area contributed by atoms with Gasteiger partial charge in [0.2, 0.25) is 11.0 Å². The Morgan fingerprint density at radius 2 is 1.93 bits per heavy atom. The average Bonchev–Trinajstić information content (AvgIpc) is 3.08. The van der Waals surface area contributed by atoms with Crippen LogP contribution in [0.1, 0.15) is 19.8 Å². The molecule has 3 N–H and O–H groups in total. The van der Waals surface area contributed by atoms with Gasteiger partial charge in [-0.05, 0) is 30.7 Å². The Balaban J connectivity index is 1.77. The predicted octanol–water partition coefficient (Wildman–Crippen LogP) is 3.90. The van der Waals surface area contributed by atoms with Crippen molar-refractivity contribution < 1.29 is 27.5 Å². The van der Waals surface area contributed by atoms with Gasteiger partial charge < -0.3 is 15.4 Å². The lowest BCUT2D eigenvalue weighted by Crippen LogP contribution is -2.40. The minimum absolute atomic E-state index is 0.0146. The van der Waals surface area contributed by atoms with Crippen LogP contribution in [0.15, 0.2) is 28.6 Å². The van der Waals surface area contributed by atoms with E-state index >= 15 is 0 Å². The first-order valence-corrected chi connectivity index (χ1v) is 10.2. The Kier molecular flexibility index (Phi) is 8.51. The van der Waals surface area contributed by atoms with Crippen molar-refractivity contribution in [3.63, 3.8) is 0 Å². The van der Waals surface area contributed by atoms with E-state index in [9.17, 15) is 22.8 Å². The highest BCUT2D eigenvalue weighted by atomic mass is 32.2. The lowest BCUT2D eigenvalue weighted by molar-refractivity contribution is -0.274. The van der Waals surface area contributed by atoms with E-state index in [4.69, 9.17) is 0 Å². The number of amides is 3. The summed E-state index contributed by atoms with van der Waals surface area (Å²) in [5.41, 5.74) is 0.494. The first-order valence-electron chi connectivity index (χ1n) is 8.42. The summed E-state index contributed by atoms with van der Waals surface area (Å²) < 4.78 is 40.7. The summed E-state index contributed by atoms with van der Waals surface area (Å²) in [5.74, 6) is -0.811. The smallest absolute Gasteiger partial charge is 0.406 e. The second kappa shape index (κ2) is 10.9. The molecule has 0 spiro atoms. The topological polar surface area (TPSA) is 105 Å². The van der Waals surface area contributed by atoms with Gasteiger partial charge >= 0.3 is 12.4 Å². The Labute approximate surface area is 172 Å². The molecule has 0 saturated heterocycles. The van der Waals surface area contributed by atoms with Crippen LogP contribution < -0.4 is 20.7 Å². The van der Waals surface area contributed by atoms with Crippen molar-refractivity contribution in [3.05, 3.63) is 24.3 Å². The lowest BCUT2D eigenvalue weighted by Gasteiger charge is -2.09. The molecule has 3 amide bonds. The fraction of sp³-hybridized carbons (Fsp3) is 0.375. The van der Waals surface area contributed by atoms with E-state index < -0.39 is 18.3 Å². The summed E-state index contributed by atoms with van der Waals surface area (Å²) in [4.78, 5) is 23.2. The molecule has 8 nitrogen and oxygen atoms in total. The van der Waals surface area contributed by atoms with Crippen molar-refractivity contribution in [1.82, 2.24) is 20.8 Å². The van der Waals surface area contributed by atoms with Gasteiger partial charge in [-0.1, -0.05) is 36.4 Å². The molecule has 1 aromatic heterocycles. The van der Waals surface area contributed by atoms with E-state index in [2.05, 4.69) is 30.9 Å². The molecular weight excluding hydrogens is 431 g/mol. The maximum absolute atomic E-state index is 12.2. The van der Waals surface area contributed by atoms with Crippen LogP contribution in [0.4, 0.5) is 28.8 Å². The van der Waals surface area contributed by atoms with E-state index in [1.807, 2.05) is 6.92 Å². The molecule has 13 heteroatoms. The lowest BCUT2D eigenvalue weighted by atomic mass is 10.3. The summed E-state index contributed by atoms with van der Waals surface area (Å²) in [6.07, 6.45) is -2.99. The molecule has 0 fully saturated rings. The molecule has 1 aromatic carbocycles. The number of carbonyl (C=O) groups excluding carboxylic acids is 2. The minimum Gasteiger partial charge on any atom is -0.406 e. The van der Waals surface area contributed by atoms with E-state index in [1.165, 1.54) is 24.3 Å². The quantitative estimate of drug-likeness (QED) is 0.394. The third kappa shape index (κ3) is 9.00. The fourth-order valence-electron chi connectivity index (χ4n) is 1.89. The summed E-state index contributed by atoms with van der Waals surface area (Å²) >= 11 is 2.26. The standard InChI is InChI=1S/C16H18F3N5O3S2/c1-2-3-8-20-13(26)22-12(25)9-28-15-24-23-14(29-15)21-10-4-6-11(7-5-10)27-16(17,18)19/h4-7H,2-3,8-9H2,1H3,(H,21,23)(H2,20,22,25,26). The number of thioether (sulfide) groups is 1. The van der Waals surface area contributed by atoms with Crippen LogP contribution in [0.3, 0.4) is 0 Å². The zero-order valence-corrected chi connectivity index (χ0v) is 16.8. The number of benzene rings is 1. The van der Waals surface area contributed by atoms with Crippen LogP contribution >= 0.6 is 23.1 Å². The van der Waals surface area contributed by atoms with E-state index in [1.54, 1.807) is 0 Å². The van der Waals surface area contributed by atoms with Crippen LogP contribution in [0.5, 0.6) is 5.75 Å². The van der Waals surface area contributed by atoms with Crippen LogP contribution in [0.25, 0.3) is 0 Å². The number of unbranched alkanes of at least 4 members (excludes halogenated alkanes) is 1. The molecule has 0 atom stereocenters. The van der Waals surface area contributed by atoms with Crippen LogP contribution in [0.2, 0.25) is 0 Å². The molecule has 29 heavy (non-hydrogen) atoms. The highest BCUT2D eigenvalue weighted by Gasteiger charge is 2.30. The first kappa shape index (κ1) is 22.7. The SMILES string of the molecule is CCCCNC(=O)NC(=O)CSc1nnc(Nc2ccc(OC(F)(F)F)cc2)s1. The van der Waals surface area contributed by atoms with Gasteiger partial charge in [0.15, 0.2) is 4.34 Å². The number of rotatable bonds is 9. The number of carbonyl (C=O) groups is 2. The molecule has 0 aliphatic carbocycles. The second-order valence-electron chi connectivity index (χ2n) is 5.52. The van der Waals surface area contributed by atoms with Gasteiger partial charge in [-0.25, -0.2) is 4.79 Å². The molecule has 158 valence electrons. The Morgan fingerprint density at radius 3 is 2.59 bits per heavy atom. The third-order valence-corrected chi connectivity index (χ3v) is 5.11. The van der Waals surface area contributed by atoms with Crippen molar-refractivity contribution >= 4 is 45.9 Å². The number of hydrogen-bond donors (Lipinski definition) is 3. The van der Waals surface area contributed by atoms with Crippen molar-refractivity contribution in [2.45, 2.75) is 30.5 Å². The molecule has 0 unspecified atom stereocenters. The molecule has 0 saturated carbocycles. The summed E-state index contributed by atoms with van der Waals surface area (Å²) in [5, 5.41) is 15.9. The van der Waals surface area contributed by atoms with Gasteiger partial charge in [0.05, 0.1) is 5.75 Å². The van der Waals surface area contributed by atoms with E-state index in [0.29, 0.717) is 21.7 Å². The number of aromatic nitrogens is 2. The van der Waals surface area contributed by atoms with Gasteiger partial charge in [-0.15, -0.1) is 23.4 Å². The number of anilines is 2. The van der Waals surface area contributed by atoms with Crippen molar-refractivity contribution in [1.29, 1.82) is 0 Å². The molecule has 0 aliphatic heterocycles. The number of nitrogens with zero attached hydrogens (tertiary/aromatic N) is 2. The van der Waals surface area contributed by atoms with Crippen molar-refractivity contribution in [3.8, 4) is 5.75 Å². The largest absolute Gasteiger partial charge is 0.573 e. The van der Waals surface area contributed by atoms with Gasteiger partial charge in [0.1, 0.15) is 5.75 Å². The average molecular weight is 449 g/mol. The van der Waals surface area contributed by atoms with Crippen molar-refractivity contribution in [2.75, 3.05) is 17.6 Å². The Hall–Kier alpha value is -2.54. The zero-order chi connectivity index (χ0) is 21.3. The van der Waals surface area contributed by atoms with Crippen LogP contribution in [-0.4, -0.2) is 40.8 Å². The number of ether oxygens (including phenoxy) is 1. The molecule has 0 bridgehead atoms. The van der Waals surface area contributed by atoms with Gasteiger partial charge in [0.25, 0.3) is 0 Å². The highest BCUT2D eigenvalue weighted by Crippen LogP contribution is 2.29. The van der Waals surface area contributed by atoms with Gasteiger partial charge in [0, 0.05) is 12.2 Å². The summed E-state index contributed by atoms with van der Waals surface area (Å²) in [7, 11) is 0. The maximum Gasteiger partial charge on any atom is 0.573 e. The molecule has 0 radical (unpaired) electrons. The second-order valence-corrected chi connectivity index (χ2v) is 7.72. The third-order valence-electron chi connectivity index (χ3n) is 3.14. The Bertz CT molecular complexity index is 815. The van der Waals surface area contributed by atoms with Crippen molar-refractivity contribution in [2.24, 2.45) is 0 Å². The van der Waals surface area contributed by atoms with E-state index in [-0.39, 0.29) is 11.5 Å². The molecule has 2 aromatic rings. The fourth-order valence-corrected chi connectivity index (χ4v) is 3.47. The normalized spacial score (nSPS) is 11.0. The molecule has 1 heterocycles. The monoisotopic (exact) mass is 449 g/mol. The highest BCUT2D eigenvalue weighted by molar-refractivity contribution is 8.01. The molecular formula is C16H18F3N5O3S2. The number of nitrogens with one attached hydrogen (secondary N) is 3. The molecule has 2 rings (SSSR count). The molecule has 0 aliphatic rings. The Morgan fingerprint density at radius 1 is 1.21 bits per heavy atom. The number of alkyl halides is 3. The van der Waals surface area contributed by atoms with E-state index in [0.717, 1.165) is 35.9 Å². The van der Waals surface area contributed by atoms with Gasteiger partial charge in [-0.3, -0.25) is 10.1 Å². The summed E-state index contributed by atoms with van der Waals surface area (Å²) in [6.45, 7) is 2.49. The minimum atomic E-state index is -4.75. The van der Waals surface area contributed by atoms with Crippen LogP contribution in [-0.2, 0) is 4.79 Å². The van der Waals surface area contributed by atoms with Crippen LogP contribution in [0, 0.1) is 0 Å². The summed E-state index contributed by atoms with van der Waals surface area (Å²) in [6, 6.07) is 4.60. The predicted molar refractivity (Wildman–Crippen MR) is 103 cm³/mol. The number of imide groups is 1. The number of hydrogen-bond acceptors (Lipinski definition) is 8. The number of halogens is 3. The zero-order valence-electron chi connectivity index (χ0n) is 15.2. The maximum atomic E-state index is 12.2. The number of urea groups is 1. The van der Waals surface area contributed by atoms with Gasteiger partial charge in [-0.2, -0.15) is 0 Å². The first-order chi connectivity index (χ1) is 13.7.